The average molecular weight is 531 g/mol. The second kappa shape index (κ2) is 10.5. The minimum atomic E-state index is -3.93. The minimum absolute atomic E-state index is 0.116. The second-order valence-electron chi connectivity index (χ2n) is 7.77. The zero-order valence-corrected chi connectivity index (χ0v) is 20.0. The zero-order valence-electron chi connectivity index (χ0n) is 31.2. The number of ether oxygens (including phenoxy) is 1. The molecule has 12 heteroatoms. The van der Waals surface area contributed by atoms with Crippen molar-refractivity contribution in [2.24, 2.45) is 0 Å². The number of nitrogens with one attached hydrogen (secondary N) is 1. The van der Waals surface area contributed by atoms with E-state index < -0.39 is 103 Å². The third-order valence-corrected chi connectivity index (χ3v) is 6.21. The van der Waals surface area contributed by atoms with Gasteiger partial charge in [0.05, 0.1) is 34.9 Å². The second-order valence-corrected chi connectivity index (χ2v) is 8.84. The molecule has 2 heterocycles. The third-order valence-electron chi connectivity index (χ3n) is 5.15. The molecule has 1 aromatic carbocycles. The van der Waals surface area contributed by atoms with E-state index in [9.17, 15) is 19.7 Å². The number of aliphatic hydroxyl groups excluding tert-OH is 1. The fraction of sp³-hybridized carbons (Fsp3) is 0.583. The van der Waals surface area contributed by atoms with Gasteiger partial charge >= 0.3 is 0 Å². The predicted molar refractivity (Wildman–Crippen MR) is 133 cm³/mol. The quantitative estimate of drug-likeness (QED) is 0.228. The zero-order chi connectivity index (χ0) is 36.2. The smallest absolute Gasteiger partial charge is 0.191 e. The molecule has 0 unspecified atom stereocenters. The molecule has 36 heavy (non-hydrogen) atoms. The topological polar surface area (TPSA) is 138 Å². The molecule has 2 fully saturated rings. The SMILES string of the molecule is [2H]c1c([2H])c([C@@]2([2H])[C@H](Nc3nc(SCCC)nc4c3nnn4[C@]3([2H])C([2H])([2H])[C@]([2H])(OCCO)[C@@]([2H])(O)[C@@]3([2H])O)C2([2H])[2H])c([2H])c(F)c1C. The number of halogens is 1. The van der Waals surface area contributed by atoms with E-state index in [2.05, 4.69) is 25.6 Å². The number of aliphatic hydroxyl groups is 3. The summed E-state index contributed by atoms with van der Waals surface area (Å²) in [5, 5.41) is 41.4. The summed E-state index contributed by atoms with van der Waals surface area (Å²) < 4.78 is 123. The van der Waals surface area contributed by atoms with Crippen molar-refractivity contribution in [3.05, 3.63) is 35.1 Å². The van der Waals surface area contributed by atoms with Gasteiger partial charge in [0.25, 0.3) is 0 Å². The summed E-state index contributed by atoms with van der Waals surface area (Å²) >= 11 is 1.02. The van der Waals surface area contributed by atoms with E-state index in [-0.39, 0.29) is 21.2 Å². The van der Waals surface area contributed by atoms with E-state index in [1.165, 1.54) is 6.92 Å². The van der Waals surface area contributed by atoms with Gasteiger partial charge in [-0.1, -0.05) is 36.0 Å². The standard InChI is InChI=1S/C24H31FN6O4S/c1-3-8-36-24-27-22(26-16-10-14(16)13-5-4-12(2)15(25)9-13)19-23(28-24)31(30-29-19)17-11-18(35-7-6-32)21(34)20(17)33/h4-5,9,14,16-18,20-21,32-34H,3,6-8,10-11H2,1-2H3,(H,26,27,28)/t14-,16+,17+,18-,20-,21+/m0/s1/i4D,5D,9D,10D2,11D2,14D,17D,18D,20D,21D. The highest BCUT2D eigenvalue weighted by molar-refractivity contribution is 7.99. The first-order valence-corrected chi connectivity index (χ1v) is 12.0. The molecule has 194 valence electrons. The first-order valence-electron chi connectivity index (χ1n) is 17.0. The Labute approximate surface area is 229 Å². The third kappa shape index (κ3) is 4.92. The molecule has 0 bridgehead atoms. The Morgan fingerprint density at radius 3 is 2.94 bits per heavy atom. The number of benzene rings is 1. The summed E-state index contributed by atoms with van der Waals surface area (Å²) in [7, 11) is 0. The molecular weight excluding hydrogens is 487 g/mol. The Hall–Kier alpha value is -2.38. The van der Waals surface area contributed by atoms with Gasteiger partial charge in [0.2, 0.25) is 0 Å². The molecule has 3 aromatic rings. The Morgan fingerprint density at radius 2 is 2.17 bits per heavy atom. The van der Waals surface area contributed by atoms with Gasteiger partial charge < -0.3 is 25.4 Å². The van der Waals surface area contributed by atoms with Crippen LogP contribution >= 0.6 is 11.8 Å². The van der Waals surface area contributed by atoms with E-state index in [0.29, 0.717) is 12.2 Å². The highest BCUT2D eigenvalue weighted by atomic mass is 32.2. The molecular formula is C24H31FN6O4S. The molecule has 6 atom stereocenters. The number of rotatable bonds is 10. The van der Waals surface area contributed by atoms with Crippen molar-refractivity contribution in [3.8, 4) is 0 Å². The Bertz CT molecular complexity index is 1780. The molecule has 0 aliphatic heterocycles. The summed E-state index contributed by atoms with van der Waals surface area (Å²) in [4.78, 5) is 8.54. The summed E-state index contributed by atoms with van der Waals surface area (Å²) in [5.41, 5.74) is -2.05. The van der Waals surface area contributed by atoms with E-state index >= 15 is 0 Å². The van der Waals surface area contributed by atoms with Gasteiger partial charge in [0.15, 0.2) is 22.1 Å². The first-order chi connectivity index (χ1) is 22.0. The summed E-state index contributed by atoms with van der Waals surface area (Å²) in [6, 6.07) is -7.56. The average Bonchev–Trinajstić information content (AvgIpc) is 3.27. The van der Waals surface area contributed by atoms with Crippen molar-refractivity contribution in [1.82, 2.24) is 25.0 Å². The summed E-state index contributed by atoms with van der Waals surface area (Å²) in [5.74, 6) is -3.69. The lowest BCUT2D eigenvalue weighted by Crippen LogP contribution is -2.33. The molecule has 0 saturated heterocycles. The van der Waals surface area contributed by atoms with Gasteiger partial charge in [-0.05, 0) is 36.9 Å². The van der Waals surface area contributed by atoms with Crippen LogP contribution in [0.4, 0.5) is 10.2 Å². The maximum atomic E-state index is 14.9. The summed E-state index contributed by atoms with van der Waals surface area (Å²) in [6.07, 6.45) is -17.1. The molecule has 0 spiro atoms. The number of anilines is 1. The Kier molecular flexibility index (Phi) is 4.25. The monoisotopic (exact) mass is 530 g/mol. The van der Waals surface area contributed by atoms with Gasteiger partial charge in [-0.2, -0.15) is 0 Å². The molecule has 2 aliphatic carbocycles. The molecule has 2 aromatic heterocycles. The lowest BCUT2D eigenvalue weighted by molar-refractivity contribution is -0.0629. The van der Waals surface area contributed by atoms with E-state index in [0.717, 1.165) is 11.8 Å². The normalized spacial score (nSPS) is 45.4. The Morgan fingerprint density at radius 1 is 1.33 bits per heavy atom. The van der Waals surface area contributed by atoms with Crippen LogP contribution in [0, 0.1) is 12.7 Å². The van der Waals surface area contributed by atoms with Crippen molar-refractivity contribution >= 4 is 28.7 Å². The molecule has 2 aliphatic rings. The molecule has 0 amide bonds. The minimum Gasteiger partial charge on any atom is -0.394 e. The van der Waals surface area contributed by atoms with E-state index in [1.807, 2.05) is 6.92 Å². The van der Waals surface area contributed by atoms with Crippen molar-refractivity contribution in [3.63, 3.8) is 0 Å². The van der Waals surface area contributed by atoms with E-state index in [1.54, 1.807) is 0 Å². The maximum absolute atomic E-state index is 14.9. The van der Waals surface area contributed by atoms with Gasteiger partial charge in [0, 0.05) is 30.9 Å². The number of thioether (sulfide) groups is 1. The van der Waals surface area contributed by atoms with E-state index in [4.69, 9.17) is 21.2 Å². The van der Waals surface area contributed by atoms with Crippen LogP contribution in [-0.4, -0.2) is 83.5 Å². The summed E-state index contributed by atoms with van der Waals surface area (Å²) in [6.45, 7) is 1.36. The first kappa shape index (κ1) is 14.5. The molecule has 2 saturated carbocycles. The van der Waals surface area contributed by atoms with Gasteiger partial charge in [-0.25, -0.2) is 19.0 Å². The lowest BCUT2D eigenvalue weighted by atomic mass is 10.1. The van der Waals surface area contributed by atoms with Crippen LogP contribution in [0.1, 0.15) is 65.6 Å². The van der Waals surface area contributed by atoms with Crippen LogP contribution < -0.4 is 5.32 Å². The van der Waals surface area contributed by atoms with Crippen LogP contribution in [-0.2, 0) is 4.74 Å². The molecule has 5 rings (SSSR count). The Balaban J connectivity index is 1.70. The van der Waals surface area contributed by atoms with Crippen molar-refractivity contribution in [2.45, 2.75) is 74.4 Å². The van der Waals surface area contributed by atoms with Crippen molar-refractivity contribution in [1.29, 1.82) is 0 Å². The number of fused-ring (bicyclic) bond motifs is 1. The molecule has 4 N–H and O–H groups in total. The van der Waals surface area contributed by atoms with Crippen molar-refractivity contribution < 1.29 is 40.9 Å². The predicted octanol–water partition coefficient (Wildman–Crippen LogP) is 2.18. The highest BCUT2D eigenvalue weighted by Gasteiger charge is 2.45. The fourth-order valence-corrected chi connectivity index (χ4v) is 4.00. The van der Waals surface area contributed by atoms with Crippen LogP contribution in [0.5, 0.6) is 0 Å². The maximum Gasteiger partial charge on any atom is 0.191 e. The largest absolute Gasteiger partial charge is 0.394 e. The highest BCUT2D eigenvalue weighted by Crippen LogP contribution is 2.44. The van der Waals surface area contributed by atoms with Gasteiger partial charge in [-0.15, -0.1) is 5.10 Å². The number of nitrogens with zero attached hydrogens (tertiary/aromatic N) is 5. The molecule has 10 nitrogen and oxygen atoms in total. The van der Waals surface area contributed by atoms with Gasteiger partial charge in [-0.3, -0.25) is 0 Å². The number of aromatic nitrogens is 5. The molecule has 0 radical (unpaired) electrons. The lowest BCUT2D eigenvalue weighted by Gasteiger charge is -2.17. The van der Waals surface area contributed by atoms with Crippen LogP contribution in [0.15, 0.2) is 23.3 Å². The number of hydrogen-bond acceptors (Lipinski definition) is 10. The van der Waals surface area contributed by atoms with Crippen LogP contribution in [0.2, 0.25) is 0 Å². The van der Waals surface area contributed by atoms with Gasteiger partial charge in [0.1, 0.15) is 18.0 Å². The van der Waals surface area contributed by atoms with Crippen molar-refractivity contribution in [2.75, 3.05) is 24.3 Å². The number of hydrogen-bond donors (Lipinski definition) is 4. The van der Waals surface area contributed by atoms with Crippen LogP contribution in [0.3, 0.4) is 0 Å². The fourth-order valence-electron chi connectivity index (χ4n) is 3.31. The van der Waals surface area contributed by atoms with Crippen LogP contribution in [0.25, 0.3) is 11.2 Å².